The maximum Gasteiger partial charge on any atom is 0.171 e. The molecular weight excluding hydrogens is 272 g/mol. The smallest absolute Gasteiger partial charge is 0.171 e. The van der Waals surface area contributed by atoms with E-state index in [0.29, 0.717) is 11.7 Å². The summed E-state index contributed by atoms with van der Waals surface area (Å²) < 4.78 is 5.23. The van der Waals surface area contributed by atoms with Crippen LogP contribution in [0, 0.1) is 0 Å². The van der Waals surface area contributed by atoms with Crippen LogP contribution in [0.5, 0.6) is 0 Å². The van der Waals surface area contributed by atoms with E-state index in [9.17, 15) is 0 Å². The highest BCUT2D eigenvalue weighted by molar-refractivity contribution is 7.80. The van der Waals surface area contributed by atoms with Gasteiger partial charge in [0.05, 0.1) is 18.3 Å². The summed E-state index contributed by atoms with van der Waals surface area (Å²) in [5, 5.41) is 7.70. The first kappa shape index (κ1) is 12.6. The van der Waals surface area contributed by atoms with Gasteiger partial charge in [0.2, 0.25) is 0 Å². The van der Waals surface area contributed by atoms with Crippen LogP contribution in [-0.2, 0) is 6.54 Å². The van der Waals surface area contributed by atoms with Crippen molar-refractivity contribution < 1.29 is 4.42 Å². The second-order valence-corrected chi connectivity index (χ2v) is 4.59. The van der Waals surface area contributed by atoms with Crippen LogP contribution in [0.15, 0.2) is 53.5 Å². The summed E-state index contributed by atoms with van der Waals surface area (Å²) in [5.74, 6) is 0.834. The van der Waals surface area contributed by atoms with Crippen molar-refractivity contribution in [3.63, 3.8) is 0 Å². The molecule has 1 aromatic carbocycles. The molecule has 20 heavy (non-hydrogen) atoms. The molecule has 0 unspecified atom stereocenters. The standard InChI is InChI=1S/C14H12N4OS/c20-14(16-8-12-2-1-5-19-12)18-11-3-4-13-10(6-11)7-15-9-17-13/h1-7,9H,8H2,(H2,16,18,20). The van der Waals surface area contributed by atoms with Crippen LogP contribution in [0.3, 0.4) is 0 Å². The van der Waals surface area contributed by atoms with Crippen molar-refractivity contribution in [3.8, 4) is 0 Å². The maximum absolute atomic E-state index is 5.24. The molecule has 2 heterocycles. The first-order valence-electron chi connectivity index (χ1n) is 6.08. The number of fused-ring (bicyclic) bond motifs is 1. The third-order valence-electron chi connectivity index (χ3n) is 2.77. The van der Waals surface area contributed by atoms with E-state index in [-0.39, 0.29) is 0 Å². The zero-order chi connectivity index (χ0) is 13.8. The number of nitrogens with zero attached hydrogens (tertiary/aromatic N) is 2. The zero-order valence-corrected chi connectivity index (χ0v) is 11.4. The average Bonchev–Trinajstić information content (AvgIpc) is 2.98. The Morgan fingerprint density at radius 3 is 3.10 bits per heavy atom. The van der Waals surface area contributed by atoms with Gasteiger partial charge in [-0.25, -0.2) is 9.97 Å². The molecule has 3 aromatic rings. The van der Waals surface area contributed by atoms with Gasteiger partial charge in [-0.3, -0.25) is 0 Å². The summed E-state index contributed by atoms with van der Waals surface area (Å²) in [5.41, 5.74) is 1.80. The van der Waals surface area contributed by atoms with E-state index >= 15 is 0 Å². The number of aromatic nitrogens is 2. The molecule has 0 aliphatic carbocycles. The highest BCUT2D eigenvalue weighted by Gasteiger charge is 2.01. The SMILES string of the molecule is S=C(NCc1ccco1)Nc1ccc2ncncc2c1. The summed E-state index contributed by atoms with van der Waals surface area (Å²) in [7, 11) is 0. The lowest BCUT2D eigenvalue weighted by Crippen LogP contribution is -2.27. The van der Waals surface area contributed by atoms with Gasteiger partial charge in [-0.05, 0) is 42.5 Å². The highest BCUT2D eigenvalue weighted by atomic mass is 32.1. The fourth-order valence-electron chi connectivity index (χ4n) is 1.82. The molecule has 0 amide bonds. The second kappa shape index (κ2) is 5.66. The number of benzene rings is 1. The molecule has 6 heteroatoms. The zero-order valence-electron chi connectivity index (χ0n) is 10.5. The summed E-state index contributed by atoms with van der Waals surface area (Å²) in [6.07, 6.45) is 4.94. The third-order valence-corrected chi connectivity index (χ3v) is 3.01. The molecule has 2 aromatic heterocycles. The molecule has 2 N–H and O–H groups in total. The molecule has 0 bridgehead atoms. The lowest BCUT2D eigenvalue weighted by atomic mass is 10.2. The summed E-state index contributed by atoms with van der Waals surface area (Å²) in [6.45, 7) is 0.551. The molecule has 3 rings (SSSR count). The van der Waals surface area contributed by atoms with Crippen molar-refractivity contribution in [2.75, 3.05) is 5.32 Å². The van der Waals surface area contributed by atoms with Crippen molar-refractivity contribution in [2.24, 2.45) is 0 Å². The van der Waals surface area contributed by atoms with Gasteiger partial charge in [-0.1, -0.05) is 0 Å². The second-order valence-electron chi connectivity index (χ2n) is 4.18. The Bertz CT molecular complexity index is 727. The quantitative estimate of drug-likeness (QED) is 0.721. The topological polar surface area (TPSA) is 63.0 Å². The molecule has 100 valence electrons. The van der Waals surface area contributed by atoms with E-state index in [1.807, 2.05) is 30.3 Å². The first-order chi connectivity index (χ1) is 9.81. The molecule has 0 aliphatic rings. The van der Waals surface area contributed by atoms with Crippen LogP contribution in [0.2, 0.25) is 0 Å². The van der Waals surface area contributed by atoms with E-state index < -0.39 is 0 Å². The van der Waals surface area contributed by atoms with Crippen molar-refractivity contribution in [1.82, 2.24) is 15.3 Å². The van der Waals surface area contributed by atoms with Crippen molar-refractivity contribution in [3.05, 3.63) is 54.9 Å². The van der Waals surface area contributed by atoms with Gasteiger partial charge < -0.3 is 15.1 Å². The van der Waals surface area contributed by atoms with Gasteiger partial charge in [0.25, 0.3) is 0 Å². The van der Waals surface area contributed by atoms with E-state index in [1.165, 1.54) is 6.33 Å². The third kappa shape index (κ3) is 2.92. The predicted octanol–water partition coefficient (Wildman–Crippen LogP) is 2.71. The van der Waals surface area contributed by atoms with E-state index in [1.54, 1.807) is 12.5 Å². The molecule has 0 atom stereocenters. The lowest BCUT2D eigenvalue weighted by Gasteiger charge is -2.09. The van der Waals surface area contributed by atoms with Gasteiger partial charge >= 0.3 is 0 Å². The van der Waals surface area contributed by atoms with E-state index in [0.717, 1.165) is 22.4 Å². The predicted molar refractivity (Wildman–Crippen MR) is 81.3 cm³/mol. The minimum atomic E-state index is 0.539. The van der Waals surface area contributed by atoms with Crippen LogP contribution in [0.1, 0.15) is 5.76 Å². The highest BCUT2D eigenvalue weighted by Crippen LogP contribution is 2.16. The van der Waals surface area contributed by atoms with Crippen molar-refractivity contribution in [2.45, 2.75) is 6.54 Å². The van der Waals surface area contributed by atoms with Crippen molar-refractivity contribution in [1.29, 1.82) is 0 Å². The van der Waals surface area contributed by atoms with Gasteiger partial charge in [-0.15, -0.1) is 0 Å². The molecule has 0 aliphatic heterocycles. The molecule has 5 nitrogen and oxygen atoms in total. The maximum atomic E-state index is 5.24. The van der Waals surface area contributed by atoms with Gasteiger partial charge in [-0.2, -0.15) is 0 Å². The van der Waals surface area contributed by atoms with Crippen LogP contribution < -0.4 is 10.6 Å². The number of nitrogens with one attached hydrogen (secondary N) is 2. The van der Waals surface area contributed by atoms with Gasteiger partial charge in [0.1, 0.15) is 12.1 Å². The summed E-state index contributed by atoms with van der Waals surface area (Å²) >= 11 is 5.24. The number of anilines is 1. The molecule has 0 radical (unpaired) electrons. The Labute approximate surface area is 121 Å². The fourth-order valence-corrected chi connectivity index (χ4v) is 2.01. The Kier molecular flexibility index (Phi) is 3.56. The van der Waals surface area contributed by atoms with Crippen LogP contribution >= 0.6 is 12.2 Å². The minimum Gasteiger partial charge on any atom is -0.467 e. The Morgan fingerprint density at radius 2 is 2.25 bits per heavy atom. The van der Waals surface area contributed by atoms with Crippen molar-refractivity contribution >= 4 is 33.9 Å². The molecule has 0 spiro atoms. The van der Waals surface area contributed by atoms with Crippen LogP contribution in [0.25, 0.3) is 10.9 Å². The summed E-state index contributed by atoms with van der Waals surface area (Å²) in [4.78, 5) is 8.18. The number of rotatable bonds is 3. The van der Waals surface area contributed by atoms with Gasteiger partial charge in [0, 0.05) is 17.3 Å². The average molecular weight is 284 g/mol. The van der Waals surface area contributed by atoms with Crippen LogP contribution in [-0.4, -0.2) is 15.1 Å². The number of thiocarbonyl (C=S) groups is 1. The molecule has 0 fully saturated rings. The van der Waals surface area contributed by atoms with Crippen LogP contribution in [0.4, 0.5) is 5.69 Å². The monoisotopic (exact) mass is 284 g/mol. The Balaban J connectivity index is 1.65. The largest absolute Gasteiger partial charge is 0.467 e. The molecule has 0 saturated heterocycles. The molecule has 0 saturated carbocycles. The summed E-state index contributed by atoms with van der Waals surface area (Å²) in [6, 6.07) is 9.54. The van der Waals surface area contributed by atoms with E-state index in [4.69, 9.17) is 16.6 Å². The number of furan rings is 1. The van der Waals surface area contributed by atoms with E-state index in [2.05, 4.69) is 20.6 Å². The Morgan fingerprint density at radius 1 is 1.30 bits per heavy atom. The first-order valence-corrected chi connectivity index (χ1v) is 6.49. The minimum absolute atomic E-state index is 0.539. The number of hydrogen-bond donors (Lipinski definition) is 2. The Hall–Kier alpha value is -2.47. The number of hydrogen-bond acceptors (Lipinski definition) is 4. The molecular formula is C14H12N4OS. The fraction of sp³-hybridized carbons (Fsp3) is 0.0714. The lowest BCUT2D eigenvalue weighted by molar-refractivity contribution is 0.503. The van der Waals surface area contributed by atoms with Gasteiger partial charge in [0.15, 0.2) is 5.11 Å². The normalized spacial score (nSPS) is 10.4.